The van der Waals surface area contributed by atoms with Crippen molar-refractivity contribution in [2.24, 2.45) is 0 Å². The lowest BCUT2D eigenvalue weighted by molar-refractivity contribution is -0.174. The molecule has 0 heterocycles. The molecule has 0 bridgehead atoms. The Hall–Kier alpha value is -0.0000000000000000555. The van der Waals surface area contributed by atoms with Crippen LogP contribution < -0.4 is 0 Å². The quantitative estimate of drug-likeness (QED) is 0.486. The summed E-state index contributed by atoms with van der Waals surface area (Å²) in [5.41, 5.74) is 0. The number of alkyl halides is 4. The topological polar surface area (TPSA) is 18.5 Å². The second-order valence-electron chi connectivity index (χ2n) is 3.22. The lowest BCUT2D eigenvalue weighted by Crippen LogP contribution is -2.17. The normalized spacial score (nSPS) is 14.2. The first kappa shape index (κ1) is 15.0. The van der Waals surface area contributed by atoms with Crippen molar-refractivity contribution in [3.8, 4) is 0 Å². The number of ether oxygens (including phenoxy) is 2. The van der Waals surface area contributed by atoms with Crippen LogP contribution in [0.15, 0.2) is 0 Å². The van der Waals surface area contributed by atoms with E-state index in [4.69, 9.17) is 16.3 Å². The maximum Gasteiger partial charge on any atom is 0.411 e. The molecular formula is C9H16ClF3O2. The molecule has 1 unspecified atom stereocenters. The molecule has 0 aliphatic heterocycles. The fraction of sp³-hybridized carbons (Fsp3) is 1.00. The molecule has 2 nitrogen and oxygen atoms in total. The number of unbranched alkanes of at least 4 members (excludes halogenated alkanes) is 1. The van der Waals surface area contributed by atoms with Gasteiger partial charge in [-0.1, -0.05) is 0 Å². The summed E-state index contributed by atoms with van der Waals surface area (Å²) >= 11 is 5.82. The molecule has 0 aromatic carbocycles. The van der Waals surface area contributed by atoms with Gasteiger partial charge in [-0.15, -0.1) is 11.6 Å². The van der Waals surface area contributed by atoms with Gasteiger partial charge >= 0.3 is 6.18 Å². The fourth-order valence-corrected chi connectivity index (χ4v) is 1.30. The fourth-order valence-electron chi connectivity index (χ4n) is 1.02. The molecule has 15 heavy (non-hydrogen) atoms. The van der Waals surface area contributed by atoms with Gasteiger partial charge in [0.15, 0.2) is 0 Å². The highest BCUT2D eigenvalue weighted by molar-refractivity contribution is 6.20. The van der Waals surface area contributed by atoms with E-state index < -0.39 is 12.8 Å². The summed E-state index contributed by atoms with van der Waals surface area (Å²) < 4.78 is 44.1. The van der Waals surface area contributed by atoms with Crippen LogP contribution >= 0.6 is 11.6 Å². The Labute approximate surface area is 92.7 Å². The zero-order valence-electron chi connectivity index (χ0n) is 8.65. The minimum atomic E-state index is -4.23. The minimum absolute atomic E-state index is 0.0717. The molecule has 0 aromatic rings. The van der Waals surface area contributed by atoms with Gasteiger partial charge in [0.05, 0.1) is 12.0 Å². The number of methoxy groups -OCH3 is 1. The van der Waals surface area contributed by atoms with Crippen molar-refractivity contribution < 1.29 is 22.6 Å². The molecule has 0 radical (unpaired) electrons. The third-order valence-electron chi connectivity index (χ3n) is 1.67. The monoisotopic (exact) mass is 248 g/mol. The molecule has 0 aromatic heterocycles. The molecule has 92 valence electrons. The van der Waals surface area contributed by atoms with Crippen molar-refractivity contribution in [1.82, 2.24) is 0 Å². The maximum absolute atomic E-state index is 11.6. The smallest absolute Gasteiger partial charge is 0.383 e. The molecule has 0 spiro atoms. The van der Waals surface area contributed by atoms with Crippen LogP contribution in [0.5, 0.6) is 0 Å². The van der Waals surface area contributed by atoms with Crippen LogP contribution in [0.4, 0.5) is 13.2 Å². The summed E-state index contributed by atoms with van der Waals surface area (Å²) in [4.78, 5) is 0. The van der Waals surface area contributed by atoms with Crippen LogP contribution in [-0.4, -0.2) is 38.5 Å². The van der Waals surface area contributed by atoms with Crippen molar-refractivity contribution in [2.45, 2.75) is 30.8 Å². The Morgan fingerprint density at radius 3 is 2.47 bits per heavy atom. The van der Waals surface area contributed by atoms with E-state index in [0.717, 1.165) is 12.8 Å². The number of hydrogen-bond donors (Lipinski definition) is 0. The average molecular weight is 249 g/mol. The van der Waals surface area contributed by atoms with Gasteiger partial charge in [-0.3, -0.25) is 0 Å². The molecule has 0 amide bonds. The van der Waals surface area contributed by atoms with Crippen molar-refractivity contribution in [2.75, 3.05) is 26.9 Å². The van der Waals surface area contributed by atoms with E-state index in [1.54, 1.807) is 7.11 Å². The van der Waals surface area contributed by atoms with Crippen LogP contribution in [0.25, 0.3) is 0 Å². The van der Waals surface area contributed by atoms with E-state index in [1.165, 1.54) is 0 Å². The van der Waals surface area contributed by atoms with Crippen LogP contribution in [0.2, 0.25) is 0 Å². The lowest BCUT2D eigenvalue weighted by Gasteiger charge is -2.09. The van der Waals surface area contributed by atoms with Gasteiger partial charge in [-0.05, 0) is 19.3 Å². The average Bonchev–Trinajstić information content (AvgIpc) is 2.09. The van der Waals surface area contributed by atoms with Crippen molar-refractivity contribution in [1.29, 1.82) is 0 Å². The summed E-state index contributed by atoms with van der Waals surface area (Å²) in [5, 5.41) is -0.0717. The first-order valence-corrected chi connectivity index (χ1v) is 5.17. The number of rotatable bonds is 8. The molecule has 0 fully saturated rings. The Morgan fingerprint density at radius 1 is 1.27 bits per heavy atom. The zero-order chi connectivity index (χ0) is 11.7. The van der Waals surface area contributed by atoms with Gasteiger partial charge in [0, 0.05) is 13.7 Å². The standard InChI is InChI=1S/C9H16ClF3O2/c1-14-6-8(10)4-2-3-5-15-7-9(11,12)13/h8H,2-7H2,1H3. The van der Waals surface area contributed by atoms with Gasteiger partial charge in [0.25, 0.3) is 0 Å². The zero-order valence-corrected chi connectivity index (χ0v) is 9.40. The summed E-state index contributed by atoms with van der Waals surface area (Å²) in [5.74, 6) is 0. The molecule has 0 N–H and O–H groups in total. The highest BCUT2D eigenvalue weighted by Gasteiger charge is 2.27. The first-order chi connectivity index (χ1) is 6.95. The van der Waals surface area contributed by atoms with Gasteiger partial charge in [0.1, 0.15) is 6.61 Å². The summed E-state index contributed by atoms with van der Waals surface area (Å²) in [6.07, 6.45) is -2.17. The molecule has 0 aliphatic rings. The molecule has 0 aliphatic carbocycles. The van der Waals surface area contributed by atoms with Crippen LogP contribution in [0.1, 0.15) is 19.3 Å². The molecule has 6 heteroatoms. The lowest BCUT2D eigenvalue weighted by atomic mass is 10.2. The van der Waals surface area contributed by atoms with Crippen molar-refractivity contribution >= 4 is 11.6 Å². The van der Waals surface area contributed by atoms with Crippen LogP contribution in [-0.2, 0) is 9.47 Å². The molecule has 0 rings (SSSR count). The van der Waals surface area contributed by atoms with Gasteiger partial charge in [0.2, 0.25) is 0 Å². The molecule has 0 saturated heterocycles. The second kappa shape index (κ2) is 8.19. The Kier molecular flexibility index (Phi) is 8.19. The SMILES string of the molecule is COCC(Cl)CCCCOCC(F)(F)F. The van der Waals surface area contributed by atoms with E-state index >= 15 is 0 Å². The highest BCUT2D eigenvalue weighted by atomic mass is 35.5. The van der Waals surface area contributed by atoms with E-state index in [0.29, 0.717) is 13.0 Å². The Morgan fingerprint density at radius 2 is 1.93 bits per heavy atom. The predicted molar refractivity (Wildman–Crippen MR) is 52.2 cm³/mol. The predicted octanol–water partition coefficient (Wildman–Crippen LogP) is 2.99. The third kappa shape index (κ3) is 11.9. The Balaban J connectivity index is 3.18. The van der Waals surface area contributed by atoms with Crippen LogP contribution in [0, 0.1) is 0 Å². The van der Waals surface area contributed by atoms with Crippen molar-refractivity contribution in [3.63, 3.8) is 0 Å². The summed E-state index contributed by atoms with van der Waals surface area (Å²) in [6.45, 7) is -0.587. The van der Waals surface area contributed by atoms with E-state index in [2.05, 4.69) is 4.74 Å². The summed E-state index contributed by atoms with van der Waals surface area (Å²) in [6, 6.07) is 0. The third-order valence-corrected chi connectivity index (χ3v) is 2.01. The van der Waals surface area contributed by atoms with Gasteiger partial charge < -0.3 is 9.47 Å². The first-order valence-electron chi connectivity index (χ1n) is 4.73. The second-order valence-corrected chi connectivity index (χ2v) is 3.83. The van der Waals surface area contributed by atoms with E-state index in [1.807, 2.05) is 0 Å². The number of halogens is 4. The van der Waals surface area contributed by atoms with Crippen molar-refractivity contribution in [3.05, 3.63) is 0 Å². The summed E-state index contributed by atoms with van der Waals surface area (Å²) in [7, 11) is 1.56. The largest absolute Gasteiger partial charge is 0.411 e. The maximum atomic E-state index is 11.6. The highest BCUT2D eigenvalue weighted by Crippen LogP contribution is 2.15. The van der Waals surface area contributed by atoms with E-state index in [-0.39, 0.29) is 12.0 Å². The molecule has 1 atom stereocenters. The van der Waals surface area contributed by atoms with Crippen LogP contribution in [0.3, 0.4) is 0 Å². The molecular weight excluding hydrogens is 233 g/mol. The van der Waals surface area contributed by atoms with E-state index in [9.17, 15) is 13.2 Å². The Bertz CT molecular complexity index is 153. The van der Waals surface area contributed by atoms with Gasteiger partial charge in [-0.2, -0.15) is 13.2 Å². The molecule has 0 saturated carbocycles. The minimum Gasteiger partial charge on any atom is -0.383 e. The van der Waals surface area contributed by atoms with Gasteiger partial charge in [-0.25, -0.2) is 0 Å². The number of hydrogen-bond acceptors (Lipinski definition) is 2.